The Morgan fingerprint density at radius 3 is 2.86 bits per heavy atom. The van der Waals surface area contributed by atoms with E-state index in [1.807, 2.05) is 23.6 Å². The smallest absolute Gasteiger partial charge is 0.177 e. The van der Waals surface area contributed by atoms with E-state index in [9.17, 15) is 5.11 Å². The van der Waals surface area contributed by atoms with E-state index in [0.717, 1.165) is 55.2 Å². The van der Waals surface area contributed by atoms with Crippen molar-refractivity contribution >= 4 is 11.3 Å². The zero-order chi connectivity index (χ0) is 14.7. The molecule has 0 saturated carbocycles. The van der Waals surface area contributed by atoms with Gasteiger partial charge in [-0.2, -0.15) is 0 Å². The third kappa shape index (κ3) is 3.20. The van der Waals surface area contributed by atoms with Crippen molar-refractivity contribution in [3.8, 4) is 10.6 Å². The molecule has 2 aromatic rings. The number of rotatable bonds is 5. The molecule has 0 bridgehead atoms. The number of likely N-dealkylation sites (tertiary alicyclic amines) is 1. The average Bonchev–Trinajstić information content (AvgIpc) is 3.19. The lowest BCUT2D eigenvalue weighted by Crippen LogP contribution is -2.41. The van der Waals surface area contributed by atoms with Crippen LogP contribution in [0.4, 0.5) is 0 Å². The largest absolute Gasteiger partial charge is 0.396 e. The van der Waals surface area contributed by atoms with Crippen molar-refractivity contribution < 1.29 is 9.63 Å². The molecular weight excluding hydrogens is 284 g/mol. The van der Waals surface area contributed by atoms with Crippen molar-refractivity contribution in [2.24, 2.45) is 5.41 Å². The van der Waals surface area contributed by atoms with Gasteiger partial charge in [-0.05, 0) is 49.2 Å². The van der Waals surface area contributed by atoms with Gasteiger partial charge in [-0.25, -0.2) is 0 Å². The number of thiophene rings is 1. The lowest BCUT2D eigenvalue weighted by atomic mass is 9.77. The van der Waals surface area contributed by atoms with Crippen molar-refractivity contribution in [3.63, 3.8) is 0 Å². The fraction of sp³-hybridized carbons (Fsp3) is 0.562. The van der Waals surface area contributed by atoms with E-state index in [1.54, 1.807) is 11.3 Å². The van der Waals surface area contributed by atoms with Gasteiger partial charge in [0.05, 0.1) is 10.6 Å². The molecule has 3 rings (SSSR count). The quantitative estimate of drug-likeness (QED) is 0.920. The van der Waals surface area contributed by atoms with E-state index in [-0.39, 0.29) is 5.41 Å². The van der Waals surface area contributed by atoms with E-state index < -0.39 is 0 Å². The molecule has 0 aliphatic carbocycles. The second kappa shape index (κ2) is 6.30. The highest BCUT2D eigenvalue weighted by Gasteiger charge is 2.32. The molecule has 1 N–H and O–H groups in total. The normalized spacial score (nSPS) is 19.0. The van der Waals surface area contributed by atoms with Gasteiger partial charge in [0.2, 0.25) is 0 Å². The van der Waals surface area contributed by atoms with Crippen LogP contribution in [0.5, 0.6) is 0 Å². The fourth-order valence-electron chi connectivity index (χ4n) is 2.96. The van der Waals surface area contributed by atoms with E-state index in [1.165, 1.54) is 0 Å². The second-order valence-corrected chi connectivity index (χ2v) is 6.90. The minimum absolute atomic E-state index is 0.141. The maximum absolute atomic E-state index is 9.58. The Morgan fingerprint density at radius 2 is 2.24 bits per heavy atom. The summed E-state index contributed by atoms with van der Waals surface area (Å²) in [5, 5.41) is 15.8. The molecule has 0 spiro atoms. The molecule has 5 heteroatoms. The molecular formula is C16H22N2O2S. The van der Waals surface area contributed by atoms with Crippen LogP contribution in [0.15, 0.2) is 28.1 Å². The molecule has 114 valence electrons. The van der Waals surface area contributed by atoms with Crippen LogP contribution in [0.3, 0.4) is 0 Å². The zero-order valence-corrected chi connectivity index (χ0v) is 13.2. The first-order chi connectivity index (χ1) is 10.2. The van der Waals surface area contributed by atoms with Gasteiger partial charge in [-0.15, -0.1) is 11.3 Å². The van der Waals surface area contributed by atoms with Crippen LogP contribution in [0.2, 0.25) is 0 Å². The number of aliphatic hydroxyl groups is 1. The third-order valence-electron chi connectivity index (χ3n) is 4.71. The maximum atomic E-state index is 9.58. The van der Waals surface area contributed by atoms with Crippen LogP contribution in [-0.4, -0.2) is 34.9 Å². The summed E-state index contributed by atoms with van der Waals surface area (Å²) in [6, 6.07) is 6.11. The average molecular weight is 306 g/mol. The summed E-state index contributed by atoms with van der Waals surface area (Å²) in [5.74, 6) is 0.857. The molecule has 1 fully saturated rings. The lowest BCUT2D eigenvalue weighted by Gasteiger charge is -2.39. The van der Waals surface area contributed by atoms with Gasteiger partial charge in [-0.1, -0.05) is 18.1 Å². The molecule has 0 radical (unpaired) electrons. The molecule has 0 aromatic carbocycles. The van der Waals surface area contributed by atoms with Crippen LogP contribution in [-0.2, 0) is 6.54 Å². The molecule has 3 heterocycles. The Balaban J connectivity index is 1.59. The standard InChI is InChI=1S/C16H22N2O2S/c1-2-16(12-19)5-7-18(8-6-16)11-13-10-14(20-17-13)15-4-3-9-21-15/h3-4,9-10,19H,2,5-8,11-12H2,1H3. The summed E-state index contributed by atoms with van der Waals surface area (Å²) in [6.07, 6.45) is 3.19. The molecule has 2 aromatic heterocycles. The minimum Gasteiger partial charge on any atom is -0.396 e. The highest BCUT2D eigenvalue weighted by Crippen LogP contribution is 2.34. The van der Waals surface area contributed by atoms with E-state index >= 15 is 0 Å². The Kier molecular flexibility index (Phi) is 4.42. The van der Waals surface area contributed by atoms with Gasteiger partial charge in [-0.3, -0.25) is 4.90 Å². The number of hydrogen-bond acceptors (Lipinski definition) is 5. The van der Waals surface area contributed by atoms with Gasteiger partial charge in [0.25, 0.3) is 0 Å². The number of nitrogens with zero attached hydrogens (tertiary/aromatic N) is 2. The monoisotopic (exact) mass is 306 g/mol. The molecule has 21 heavy (non-hydrogen) atoms. The molecule has 0 unspecified atom stereocenters. The SMILES string of the molecule is CCC1(CO)CCN(Cc2cc(-c3cccs3)on2)CC1. The molecule has 0 amide bonds. The molecule has 4 nitrogen and oxygen atoms in total. The predicted molar refractivity (Wildman–Crippen MR) is 84.1 cm³/mol. The zero-order valence-electron chi connectivity index (χ0n) is 12.4. The summed E-state index contributed by atoms with van der Waals surface area (Å²) in [6.45, 7) is 5.37. The molecule has 0 atom stereocenters. The van der Waals surface area contributed by atoms with Gasteiger partial charge < -0.3 is 9.63 Å². The Labute approximate surface area is 129 Å². The van der Waals surface area contributed by atoms with Crippen LogP contribution in [0.1, 0.15) is 31.9 Å². The highest BCUT2D eigenvalue weighted by atomic mass is 32.1. The summed E-state index contributed by atoms with van der Waals surface area (Å²) in [4.78, 5) is 3.53. The van der Waals surface area contributed by atoms with Crippen LogP contribution in [0.25, 0.3) is 10.6 Å². The number of hydrogen-bond donors (Lipinski definition) is 1. The third-order valence-corrected chi connectivity index (χ3v) is 5.60. The van der Waals surface area contributed by atoms with E-state index in [0.29, 0.717) is 6.61 Å². The fourth-order valence-corrected chi connectivity index (χ4v) is 3.63. The first-order valence-electron chi connectivity index (χ1n) is 7.57. The Morgan fingerprint density at radius 1 is 1.43 bits per heavy atom. The maximum Gasteiger partial charge on any atom is 0.177 e. The molecule has 1 aliphatic heterocycles. The van der Waals surface area contributed by atoms with Gasteiger partial charge >= 0.3 is 0 Å². The van der Waals surface area contributed by atoms with Gasteiger partial charge in [0.1, 0.15) is 0 Å². The van der Waals surface area contributed by atoms with Crippen LogP contribution in [0, 0.1) is 5.41 Å². The summed E-state index contributed by atoms with van der Waals surface area (Å²) >= 11 is 1.67. The van der Waals surface area contributed by atoms with Crippen molar-refractivity contribution in [1.82, 2.24) is 10.1 Å². The predicted octanol–water partition coefficient (Wildman–Crippen LogP) is 3.39. The number of piperidine rings is 1. The van der Waals surface area contributed by atoms with E-state index in [4.69, 9.17) is 4.52 Å². The van der Waals surface area contributed by atoms with Crippen molar-refractivity contribution in [2.75, 3.05) is 19.7 Å². The number of aliphatic hydroxyl groups excluding tert-OH is 1. The van der Waals surface area contributed by atoms with Crippen molar-refractivity contribution in [2.45, 2.75) is 32.7 Å². The van der Waals surface area contributed by atoms with Crippen LogP contribution >= 0.6 is 11.3 Å². The van der Waals surface area contributed by atoms with Crippen molar-refractivity contribution in [3.05, 3.63) is 29.3 Å². The van der Waals surface area contributed by atoms with Gasteiger partial charge in [0, 0.05) is 19.2 Å². The Bertz CT molecular complexity index is 551. The number of aromatic nitrogens is 1. The van der Waals surface area contributed by atoms with Crippen molar-refractivity contribution in [1.29, 1.82) is 0 Å². The minimum atomic E-state index is 0.141. The van der Waals surface area contributed by atoms with E-state index in [2.05, 4.69) is 17.0 Å². The highest BCUT2D eigenvalue weighted by molar-refractivity contribution is 7.13. The molecule has 1 aliphatic rings. The lowest BCUT2D eigenvalue weighted by molar-refractivity contribution is 0.0375. The van der Waals surface area contributed by atoms with Crippen LogP contribution < -0.4 is 0 Å². The first kappa shape index (κ1) is 14.8. The summed E-state index contributed by atoms with van der Waals surface area (Å²) < 4.78 is 5.43. The Hall–Kier alpha value is -1.17. The van der Waals surface area contributed by atoms with Gasteiger partial charge in [0.15, 0.2) is 5.76 Å². The summed E-state index contributed by atoms with van der Waals surface area (Å²) in [5.41, 5.74) is 1.13. The summed E-state index contributed by atoms with van der Waals surface area (Å²) in [7, 11) is 0. The first-order valence-corrected chi connectivity index (χ1v) is 8.45. The second-order valence-electron chi connectivity index (χ2n) is 5.95. The topological polar surface area (TPSA) is 49.5 Å². The molecule has 1 saturated heterocycles.